The topological polar surface area (TPSA) is 23.6 Å². The second-order valence-corrected chi connectivity index (χ2v) is 9.26. The number of carbonyl (C=O) groups excluding carboxylic acids is 1. The second-order valence-electron chi connectivity index (χ2n) is 6.62. The van der Waals surface area contributed by atoms with Gasteiger partial charge in [0, 0.05) is 18.0 Å². The van der Waals surface area contributed by atoms with E-state index in [4.69, 9.17) is 12.2 Å². The minimum absolute atomic E-state index is 0.0665. The van der Waals surface area contributed by atoms with Crippen LogP contribution in [0, 0.1) is 0 Å². The molecule has 2 aromatic rings. The standard InChI is InChI=1S/C24H20N2OS3/c1-3-15-25-19(17-11-7-5-8-12-17)20(18-13-9-6-10-14-18)29-23(25)21-22(27)26(16-4-2)24(28)30-21/h3-14H,1-2,15-16H2. The third-order valence-corrected chi connectivity index (χ3v) is 7.50. The highest BCUT2D eigenvalue weighted by Crippen LogP contribution is 2.54. The van der Waals surface area contributed by atoms with Crippen molar-refractivity contribution in [2.75, 3.05) is 13.1 Å². The van der Waals surface area contributed by atoms with Crippen molar-refractivity contribution in [1.82, 2.24) is 9.80 Å². The smallest absolute Gasteiger partial charge is 0.269 e. The molecule has 2 aliphatic rings. The van der Waals surface area contributed by atoms with Crippen LogP contribution in [0.5, 0.6) is 0 Å². The maximum atomic E-state index is 13.2. The van der Waals surface area contributed by atoms with E-state index in [0.29, 0.717) is 22.3 Å². The molecule has 2 aliphatic heterocycles. The van der Waals surface area contributed by atoms with Gasteiger partial charge in [-0.2, -0.15) is 0 Å². The average molecular weight is 449 g/mol. The van der Waals surface area contributed by atoms with Gasteiger partial charge in [-0.3, -0.25) is 9.69 Å². The van der Waals surface area contributed by atoms with Crippen molar-refractivity contribution in [3.8, 4) is 0 Å². The lowest BCUT2D eigenvalue weighted by molar-refractivity contribution is -0.121. The van der Waals surface area contributed by atoms with Crippen LogP contribution in [-0.4, -0.2) is 33.1 Å². The molecule has 0 radical (unpaired) electrons. The highest BCUT2D eigenvalue weighted by Gasteiger charge is 2.39. The average Bonchev–Trinajstić information content (AvgIpc) is 3.28. The Hall–Kier alpha value is -2.54. The summed E-state index contributed by atoms with van der Waals surface area (Å²) in [4.78, 5) is 18.7. The highest BCUT2D eigenvalue weighted by atomic mass is 32.2. The first-order valence-electron chi connectivity index (χ1n) is 9.46. The van der Waals surface area contributed by atoms with Crippen molar-refractivity contribution >= 4 is 56.6 Å². The highest BCUT2D eigenvalue weighted by molar-refractivity contribution is 8.27. The third-order valence-electron chi connectivity index (χ3n) is 4.68. The zero-order valence-corrected chi connectivity index (χ0v) is 18.7. The molecule has 2 aromatic carbocycles. The van der Waals surface area contributed by atoms with Crippen LogP contribution >= 0.6 is 35.7 Å². The van der Waals surface area contributed by atoms with Crippen LogP contribution in [0.1, 0.15) is 11.1 Å². The molecule has 1 saturated heterocycles. The van der Waals surface area contributed by atoms with Crippen molar-refractivity contribution in [3.63, 3.8) is 0 Å². The summed E-state index contributed by atoms with van der Waals surface area (Å²) in [7, 11) is 0. The van der Waals surface area contributed by atoms with Crippen molar-refractivity contribution in [1.29, 1.82) is 0 Å². The lowest BCUT2D eigenvalue weighted by atomic mass is 10.1. The van der Waals surface area contributed by atoms with E-state index in [1.807, 2.05) is 42.5 Å². The number of hydrogen-bond donors (Lipinski definition) is 0. The molecule has 0 N–H and O–H groups in total. The normalized spacial score (nSPS) is 19.1. The third kappa shape index (κ3) is 3.78. The van der Waals surface area contributed by atoms with Gasteiger partial charge in [0.15, 0.2) is 0 Å². The SMILES string of the molecule is C=CCN1C(=O)C(=C2SC(c3ccccc3)=C(c3ccccc3)N2CC=C)SC1=S. The van der Waals surface area contributed by atoms with Crippen LogP contribution in [0.15, 0.2) is 95.9 Å². The Kier molecular flexibility index (Phi) is 6.27. The van der Waals surface area contributed by atoms with Crippen LogP contribution in [-0.2, 0) is 4.79 Å². The number of nitrogens with zero attached hydrogens (tertiary/aromatic N) is 2. The lowest BCUT2D eigenvalue weighted by Gasteiger charge is -2.23. The Morgan fingerprint density at radius 1 is 0.800 bits per heavy atom. The van der Waals surface area contributed by atoms with Crippen molar-refractivity contribution in [3.05, 3.63) is 107 Å². The number of thiocarbonyl (C=S) groups is 1. The fourth-order valence-corrected chi connectivity index (χ4v) is 6.10. The van der Waals surface area contributed by atoms with Gasteiger partial charge in [-0.15, -0.1) is 13.2 Å². The largest absolute Gasteiger partial charge is 0.330 e. The Labute approximate surface area is 190 Å². The molecule has 6 heteroatoms. The van der Waals surface area contributed by atoms with Gasteiger partial charge in [-0.25, -0.2) is 0 Å². The van der Waals surface area contributed by atoms with Gasteiger partial charge in [0.2, 0.25) is 0 Å². The van der Waals surface area contributed by atoms with E-state index in [1.54, 1.807) is 22.7 Å². The predicted molar refractivity (Wildman–Crippen MR) is 133 cm³/mol. The van der Waals surface area contributed by atoms with Crippen LogP contribution in [0.3, 0.4) is 0 Å². The Morgan fingerprint density at radius 2 is 1.37 bits per heavy atom. The summed E-state index contributed by atoms with van der Waals surface area (Å²) in [5, 5.41) is 0.900. The molecule has 3 nitrogen and oxygen atoms in total. The first kappa shape index (κ1) is 20.7. The molecule has 0 aromatic heterocycles. The molecule has 1 amide bonds. The van der Waals surface area contributed by atoms with E-state index < -0.39 is 0 Å². The maximum Gasteiger partial charge on any atom is 0.269 e. The summed E-state index contributed by atoms with van der Waals surface area (Å²) in [6.45, 7) is 8.71. The second kappa shape index (κ2) is 9.08. The predicted octanol–water partition coefficient (Wildman–Crippen LogP) is 5.96. The molecular formula is C24H20N2OS3. The molecular weight excluding hydrogens is 428 g/mol. The molecule has 0 spiro atoms. The van der Waals surface area contributed by atoms with Crippen molar-refractivity contribution in [2.45, 2.75) is 0 Å². The van der Waals surface area contributed by atoms with Crippen LogP contribution in [0.4, 0.5) is 0 Å². The van der Waals surface area contributed by atoms with E-state index in [1.165, 1.54) is 11.8 Å². The number of thioether (sulfide) groups is 2. The van der Waals surface area contributed by atoms with Gasteiger partial charge < -0.3 is 4.90 Å². The number of hydrogen-bond acceptors (Lipinski definition) is 5. The molecule has 0 bridgehead atoms. The molecule has 0 aliphatic carbocycles. The Bertz CT molecular complexity index is 1070. The molecule has 1 fully saturated rings. The van der Waals surface area contributed by atoms with E-state index in [0.717, 1.165) is 26.8 Å². The summed E-state index contributed by atoms with van der Waals surface area (Å²) in [6, 6.07) is 20.5. The first-order valence-corrected chi connectivity index (χ1v) is 11.5. The van der Waals surface area contributed by atoms with Crippen molar-refractivity contribution < 1.29 is 4.79 Å². The molecule has 2 heterocycles. The van der Waals surface area contributed by atoms with Crippen LogP contribution in [0.2, 0.25) is 0 Å². The minimum atomic E-state index is -0.0665. The molecule has 150 valence electrons. The molecule has 0 saturated carbocycles. The Morgan fingerprint density at radius 3 is 1.97 bits per heavy atom. The van der Waals surface area contributed by atoms with E-state index >= 15 is 0 Å². The summed E-state index contributed by atoms with van der Waals surface area (Å²) in [5.74, 6) is -0.0665. The van der Waals surface area contributed by atoms with Gasteiger partial charge in [-0.1, -0.05) is 109 Å². The molecule has 0 atom stereocenters. The molecule has 30 heavy (non-hydrogen) atoms. The van der Waals surface area contributed by atoms with Gasteiger partial charge in [-0.05, 0) is 11.1 Å². The number of amides is 1. The van der Waals surface area contributed by atoms with E-state index in [-0.39, 0.29) is 5.91 Å². The van der Waals surface area contributed by atoms with Gasteiger partial charge in [0.1, 0.15) is 14.3 Å². The summed E-state index contributed by atoms with van der Waals surface area (Å²) in [6.07, 6.45) is 3.56. The van der Waals surface area contributed by atoms with E-state index in [2.05, 4.69) is 42.3 Å². The Balaban J connectivity index is 1.89. The van der Waals surface area contributed by atoms with Crippen molar-refractivity contribution in [2.24, 2.45) is 0 Å². The fourth-order valence-electron chi connectivity index (χ4n) is 3.38. The number of benzene rings is 2. The summed E-state index contributed by atoms with van der Waals surface area (Å²) in [5.41, 5.74) is 3.30. The number of carbonyl (C=O) groups is 1. The monoisotopic (exact) mass is 448 g/mol. The first-order chi connectivity index (χ1) is 14.7. The summed E-state index contributed by atoms with van der Waals surface area (Å²) >= 11 is 8.45. The summed E-state index contributed by atoms with van der Waals surface area (Å²) < 4.78 is 0.566. The maximum absolute atomic E-state index is 13.2. The molecule has 0 unspecified atom stereocenters. The lowest BCUT2D eigenvalue weighted by Crippen LogP contribution is -2.28. The minimum Gasteiger partial charge on any atom is -0.330 e. The molecule has 4 rings (SSSR count). The quantitative estimate of drug-likeness (QED) is 0.308. The fraction of sp³-hybridized carbons (Fsp3) is 0.0833. The zero-order valence-electron chi connectivity index (χ0n) is 16.3. The van der Waals surface area contributed by atoms with Gasteiger partial charge in [0.05, 0.1) is 5.70 Å². The van der Waals surface area contributed by atoms with Gasteiger partial charge >= 0.3 is 0 Å². The van der Waals surface area contributed by atoms with Gasteiger partial charge in [0.25, 0.3) is 5.91 Å². The zero-order chi connectivity index (χ0) is 21.1. The van der Waals surface area contributed by atoms with E-state index in [9.17, 15) is 4.79 Å². The van der Waals surface area contributed by atoms with Crippen LogP contribution in [0.25, 0.3) is 10.6 Å². The van der Waals surface area contributed by atoms with Crippen LogP contribution < -0.4 is 0 Å². The number of rotatable bonds is 6.